The standard InChI is InChI=1S/C19H23ClN6O2S/c1-12-18(13(2)25(3)23-12)29(27,28)24-14-8-9-16(20)15(11-14)19-22-21-17-7-5-4-6-10-26(17)19/h8-9,11,24H,4-7,10H2,1-3H3. The van der Waals surface area contributed by atoms with E-state index in [0.29, 0.717) is 33.5 Å². The van der Waals surface area contributed by atoms with Gasteiger partial charge in [-0.3, -0.25) is 9.40 Å². The molecule has 8 nitrogen and oxygen atoms in total. The Morgan fingerprint density at radius 1 is 1.14 bits per heavy atom. The minimum absolute atomic E-state index is 0.188. The van der Waals surface area contributed by atoms with E-state index in [-0.39, 0.29) is 4.90 Å². The van der Waals surface area contributed by atoms with Crippen molar-refractivity contribution in [1.29, 1.82) is 0 Å². The smallest absolute Gasteiger partial charge is 0.265 e. The minimum Gasteiger partial charge on any atom is -0.311 e. The second kappa shape index (κ2) is 7.46. The van der Waals surface area contributed by atoms with E-state index in [2.05, 4.69) is 24.6 Å². The number of nitrogens with zero attached hydrogens (tertiary/aromatic N) is 5. The van der Waals surface area contributed by atoms with E-state index in [1.165, 1.54) is 0 Å². The molecule has 10 heteroatoms. The monoisotopic (exact) mass is 434 g/mol. The third-order valence-corrected chi connectivity index (χ3v) is 7.24. The van der Waals surface area contributed by atoms with Crippen molar-refractivity contribution in [3.05, 3.63) is 40.4 Å². The molecule has 1 aliphatic rings. The molecule has 0 spiro atoms. The molecule has 0 radical (unpaired) electrons. The molecule has 3 heterocycles. The summed E-state index contributed by atoms with van der Waals surface area (Å²) in [5.74, 6) is 1.61. The highest BCUT2D eigenvalue weighted by Gasteiger charge is 2.25. The van der Waals surface area contributed by atoms with Crippen LogP contribution in [-0.4, -0.2) is 33.0 Å². The maximum Gasteiger partial charge on any atom is 0.265 e. The Kier molecular flexibility index (Phi) is 5.12. The Labute approximate surface area is 175 Å². The molecule has 1 aromatic carbocycles. The number of aromatic nitrogens is 5. The number of hydrogen-bond donors (Lipinski definition) is 1. The normalized spacial score (nSPS) is 14.5. The van der Waals surface area contributed by atoms with Gasteiger partial charge in [-0.2, -0.15) is 5.10 Å². The molecule has 0 atom stereocenters. The summed E-state index contributed by atoms with van der Waals surface area (Å²) in [6.45, 7) is 4.24. The molecular weight excluding hydrogens is 412 g/mol. The van der Waals surface area contributed by atoms with Crippen molar-refractivity contribution in [2.24, 2.45) is 7.05 Å². The largest absolute Gasteiger partial charge is 0.311 e. The zero-order valence-corrected chi connectivity index (χ0v) is 18.2. The molecule has 0 fully saturated rings. The first kappa shape index (κ1) is 19.9. The van der Waals surface area contributed by atoms with Crippen LogP contribution in [0.25, 0.3) is 11.4 Å². The Morgan fingerprint density at radius 3 is 2.66 bits per heavy atom. The minimum atomic E-state index is -3.79. The number of sulfonamides is 1. The van der Waals surface area contributed by atoms with Crippen LogP contribution < -0.4 is 4.72 Å². The summed E-state index contributed by atoms with van der Waals surface area (Å²) in [5, 5.41) is 13.4. The van der Waals surface area contributed by atoms with E-state index < -0.39 is 10.0 Å². The average Bonchev–Trinajstić information content (AvgIpc) is 3.06. The van der Waals surface area contributed by atoms with Gasteiger partial charge >= 0.3 is 0 Å². The van der Waals surface area contributed by atoms with E-state index >= 15 is 0 Å². The summed E-state index contributed by atoms with van der Waals surface area (Å²) in [6, 6.07) is 5.03. The van der Waals surface area contributed by atoms with Crippen molar-refractivity contribution in [3.63, 3.8) is 0 Å². The van der Waals surface area contributed by atoms with Crippen molar-refractivity contribution in [3.8, 4) is 11.4 Å². The molecule has 1 aliphatic heterocycles. The molecule has 0 saturated heterocycles. The fraction of sp³-hybridized carbons (Fsp3) is 0.421. The molecule has 3 aromatic rings. The van der Waals surface area contributed by atoms with E-state index in [4.69, 9.17) is 11.6 Å². The fourth-order valence-electron chi connectivity index (χ4n) is 3.79. The van der Waals surface area contributed by atoms with Gasteiger partial charge in [-0.05, 0) is 44.9 Å². The number of nitrogens with one attached hydrogen (secondary N) is 1. The van der Waals surface area contributed by atoms with E-state index in [9.17, 15) is 8.42 Å². The van der Waals surface area contributed by atoms with Gasteiger partial charge in [0.1, 0.15) is 10.7 Å². The fourth-order valence-corrected chi connectivity index (χ4v) is 5.49. The Balaban J connectivity index is 1.72. The van der Waals surface area contributed by atoms with Crippen LogP contribution in [-0.2, 0) is 30.0 Å². The Hall–Kier alpha value is -2.39. The summed E-state index contributed by atoms with van der Waals surface area (Å²) in [5.41, 5.74) is 2.10. The second-order valence-corrected chi connectivity index (χ2v) is 9.35. The number of anilines is 1. The highest BCUT2D eigenvalue weighted by atomic mass is 35.5. The number of aryl methyl sites for hydroxylation is 3. The van der Waals surface area contributed by atoms with Gasteiger partial charge in [-0.25, -0.2) is 8.42 Å². The third-order valence-electron chi connectivity index (χ3n) is 5.28. The van der Waals surface area contributed by atoms with Gasteiger partial charge in [0.2, 0.25) is 0 Å². The Morgan fingerprint density at radius 2 is 1.93 bits per heavy atom. The topological polar surface area (TPSA) is 94.7 Å². The van der Waals surface area contributed by atoms with Crippen molar-refractivity contribution in [1.82, 2.24) is 24.5 Å². The molecular formula is C19H23ClN6O2S. The van der Waals surface area contributed by atoms with Crippen LogP contribution in [0.5, 0.6) is 0 Å². The maximum atomic E-state index is 13.0. The zero-order valence-electron chi connectivity index (χ0n) is 16.6. The molecule has 2 aromatic heterocycles. The van der Waals surface area contributed by atoms with Crippen LogP contribution in [0.1, 0.15) is 36.5 Å². The molecule has 0 unspecified atom stereocenters. The predicted octanol–water partition coefficient (Wildman–Crippen LogP) is 3.48. The van der Waals surface area contributed by atoms with Crippen molar-refractivity contribution in [2.75, 3.05) is 4.72 Å². The van der Waals surface area contributed by atoms with Gasteiger partial charge in [-0.15, -0.1) is 10.2 Å². The van der Waals surface area contributed by atoms with Gasteiger partial charge in [-0.1, -0.05) is 18.0 Å². The lowest BCUT2D eigenvalue weighted by Gasteiger charge is -2.12. The molecule has 29 heavy (non-hydrogen) atoms. The van der Waals surface area contributed by atoms with Gasteiger partial charge in [0.05, 0.1) is 16.4 Å². The van der Waals surface area contributed by atoms with Crippen molar-refractivity contribution < 1.29 is 8.42 Å². The summed E-state index contributed by atoms with van der Waals surface area (Å²) >= 11 is 6.44. The molecule has 4 rings (SSSR count). The summed E-state index contributed by atoms with van der Waals surface area (Å²) < 4.78 is 32.3. The zero-order chi connectivity index (χ0) is 20.8. The molecule has 1 N–H and O–H groups in total. The van der Waals surface area contributed by atoms with Gasteiger partial charge in [0.15, 0.2) is 5.82 Å². The number of rotatable bonds is 4. The van der Waals surface area contributed by atoms with Crippen LogP contribution in [0.15, 0.2) is 23.1 Å². The van der Waals surface area contributed by atoms with E-state index in [1.54, 1.807) is 43.8 Å². The number of halogens is 1. The Bertz CT molecular complexity index is 1180. The van der Waals surface area contributed by atoms with Crippen molar-refractivity contribution >= 4 is 27.3 Å². The molecule has 0 bridgehead atoms. The van der Waals surface area contributed by atoms with Crippen LogP contribution in [0.3, 0.4) is 0 Å². The van der Waals surface area contributed by atoms with Crippen LogP contribution >= 0.6 is 11.6 Å². The molecule has 0 aliphatic carbocycles. The maximum absolute atomic E-state index is 13.0. The van der Waals surface area contributed by atoms with Crippen molar-refractivity contribution in [2.45, 2.75) is 51.0 Å². The number of fused-ring (bicyclic) bond motifs is 1. The van der Waals surface area contributed by atoms with E-state index in [0.717, 1.165) is 38.1 Å². The van der Waals surface area contributed by atoms with Gasteiger partial charge in [0, 0.05) is 31.3 Å². The van der Waals surface area contributed by atoms with Gasteiger partial charge in [0.25, 0.3) is 10.0 Å². The number of hydrogen-bond acceptors (Lipinski definition) is 5. The quantitative estimate of drug-likeness (QED) is 0.678. The SMILES string of the molecule is Cc1nn(C)c(C)c1S(=O)(=O)Nc1ccc(Cl)c(-c2nnc3n2CCCCC3)c1. The number of benzene rings is 1. The van der Waals surface area contributed by atoms with E-state index in [1.807, 2.05) is 0 Å². The lowest BCUT2D eigenvalue weighted by atomic mass is 10.2. The average molecular weight is 435 g/mol. The van der Waals surface area contributed by atoms with Crippen LogP contribution in [0.4, 0.5) is 5.69 Å². The lowest BCUT2D eigenvalue weighted by Crippen LogP contribution is -2.15. The summed E-state index contributed by atoms with van der Waals surface area (Å²) in [6.07, 6.45) is 4.19. The first-order valence-electron chi connectivity index (χ1n) is 9.53. The second-order valence-electron chi connectivity index (χ2n) is 7.33. The third kappa shape index (κ3) is 3.64. The molecule has 0 amide bonds. The highest BCUT2D eigenvalue weighted by Crippen LogP contribution is 2.32. The summed E-state index contributed by atoms with van der Waals surface area (Å²) in [7, 11) is -2.07. The lowest BCUT2D eigenvalue weighted by molar-refractivity contribution is 0.599. The van der Waals surface area contributed by atoms with Crippen LogP contribution in [0, 0.1) is 13.8 Å². The molecule has 154 valence electrons. The predicted molar refractivity (Wildman–Crippen MR) is 112 cm³/mol. The first-order chi connectivity index (χ1) is 13.8. The first-order valence-corrected chi connectivity index (χ1v) is 11.4. The van der Waals surface area contributed by atoms with Crippen LogP contribution in [0.2, 0.25) is 5.02 Å². The molecule has 0 saturated carbocycles. The highest BCUT2D eigenvalue weighted by molar-refractivity contribution is 7.92. The summed E-state index contributed by atoms with van der Waals surface area (Å²) in [4.78, 5) is 0.188. The van der Waals surface area contributed by atoms with Gasteiger partial charge < -0.3 is 4.57 Å².